The van der Waals surface area contributed by atoms with Crippen molar-refractivity contribution in [2.45, 2.75) is 26.3 Å². The van der Waals surface area contributed by atoms with Crippen LogP contribution < -0.4 is 4.90 Å². The zero-order valence-electron chi connectivity index (χ0n) is 10.6. The van der Waals surface area contributed by atoms with Crippen LogP contribution in [0.4, 0.5) is 10.1 Å². The van der Waals surface area contributed by atoms with Crippen LogP contribution >= 0.6 is 11.6 Å². The summed E-state index contributed by atoms with van der Waals surface area (Å²) >= 11 is 5.76. The lowest BCUT2D eigenvalue weighted by atomic mass is 9.97. The van der Waals surface area contributed by atoms with Crippen LogP contribution in [0.1, 0.15) is 20.3 Å². The van der Waals surface area contributed by atoms with Gasteiger partial charge in [-0.25, -0.2) is 9.18 Å². The number of amides is 1. The van der Waals surface area contributed by atoms with Gasteiger partial charge in [-0.1, -0.05) is 31.9 Å². The summed E-state index contributed by atoms with van der Waals surface area (Å²) in [6.07, 6.45) is 0.864. The number of rotatable bonds is 6. The fourth-order valence-corrected chi connectivity index (χ4v) is 1.98. The number of hydrogen-bond acceptors (Lipinski definition) is 2. The highest BCUT2D eigenvalue weighted by molar-refractivity contribution is 6.30. The lowest BCUT2D eigenvalue weighted by Gasteiger charge is -2.29. The number of nitrogens with zero attached hydrogens (tertiary/aromatic N) is 1. The van der Waals surface area contributed by atoms with E-state index in [-0.39, 0.29) is 16.6 Å². The number of hydrogen-bond donors (Lipinski definition) is 1. The second kappa shape index (κ2) is 6.52. The molecule has 0 saturated heterocycles. The van der Waals surface area contributed by atoms with E-state index in [0.29, 0.717) is 12.8 Å². The average molecular weight is 288 g/mol. The Morgan fingerprint density at radius 2 is 2.21 bits per heavy atom. The summed E-state index contributed by atoms with van der Waals surface area (Å²) in [6, 6.07) is 2.55. The Kier molecular flexibility index (Phi) is 5.30. The fourth-order valence-electron chi connectivity index (χ4n) is 1.82. The van der Waals surface area contributed by atoms with Crippen molar-refractivity contribution >= 4 is 29.7 Å². The van der Waals surface area contributed by atoms with Crippen molar-refractivity contribution in [3.8, 4) is 0 Å². The molecule has 19 heavy (non-hydrogen) atoms. The maximum atomic E-state index is 13.7. The van der Waals surface area contributed by atoms with Gasteiger partial charge in [0, 0.05) is 5.02 Å². The molecule has 1 aromatic carbocycles. The molecule has 0 fully saturated rings. The van der Waals surface area contributed by atoms with Crippen LogP contribution in [0.5, 0.6) is 0 Å². The molecule has 104 valence electrons. The van der Waals surface area contributed by atoms with Crippen molar-refractivity contribution in [2.75, 3.05) is 4.90 Å². The van der Waals surface area contributed by atoms with Crippen LogP contribution in [-0.2, 0) is 9.59 Å². The topological polar surface area (TPSA) is 57.6 Å². The summed E-state index contributed by atoms with van der Waals surface area (Å²) in [7, 11) is 0. The van der Waals surface area contributed by atoms with Gasteiger partial charge in [0.25, 0.3) is 0 Å². The maximum absolute atomic E-state index is 13.7. The van der Waals surface area contributed by atoms with Gasteiger partial charge in [-0.3, -0.25) is 9.69 Å². The average Bonchev–Trinajstić information content (AvgIpc) is 2.37. The van der Waals surface area contributed by atoms with Gasteiger partial charge in [0.15, 0.2) is 0 Å². The number of carbonyl (C=O) groups is 2. The predicted octanol–water partition coefficient (Wildman–Crippen LogP) is 2.94. The molecule has 0 aromatic heterocycles. The standard InChI is InChI=1S/C13H15ClFNO3/c1-3-8(2)12(13(18)19)16(7-17)11-6-9(14)4-5-10(11)15/h4-8,12H,3H2,1-2H3,(H,18,19). The first-order chi connectivity index (χ1) is 8.92. The quantitative estimate of drug-likeness (QED) is 0.819. The van der Waals surface area contributed by atoms with E-state index in [9.17, 15) is 19.1 Å². The smallest absolute Gasteiger partial charge is 0.327 e. The van der Waals surface area contributed by atoms with Crippen molar-refractivity contribution in [3.63, 3.8) is 0 Å². The molecule has 4 nitrogen and oxygen atoms in total. The predicted molar refractivity (Wildman–Crippen MR) is 70.8 cm³/mol. The largest absolute Gasteiger partial charge is 0.480 e. The van der Waals surface area contributed by atoms with Crippen molar-refractivity contribution in [2.24, 2.45) is 5.92 Å². The number of aliphatic carboxylic acids is 1. The van der Waals surface area contributed by atoms with Gasteiger partial charge < -0.3 is 5.11 Å². The van der Waals surface area contributed by atoms with E-state index in [1.54, 1.807) is 13.8 Å². The first-order valence-corrected chi connectivity index (χ1v) is 6.21. The Bertz CT molecular complexity index is 481. The molecule has 0 aliphatic rings. The van der Waals surface area contributed by atoms with E-state index >= 15 is 0 Å². The van der Waals surface area contributed by atoms with Gasteiger partial charge in [-0.15, -0.1) is 0 Å². The molecule has 0 spiro atoms. The normalized spacial score (nSPS) is 13.7. The minimum Gasteiger partial charge on any atom is -0.480 e. The second-order valence-electron chi connectivity index (χ2n) is 4.28. The van der Waals surface area contributed by atoms with Crippen LogP contribution in [0, 0.1) is 11.7 Å². The van der Waals surface area contributed by atoms with Crippen LogP contribution in [0.25, 0.3) is 0 Å². The van der Waals surface area contributed by atoms with Crippen LogP contribution in [0.3, 0.4) is 0 Å². The van der Waals surface area contributed by atoms with E-state index in [2.05, 4.69) is 0 Å². The van der Waals surface area contributed by atoms with E-state index < -0.39 is 17.8 Å². The third-order valence-electron chi connectivity index (χ3n) is 3.04. The highest BCUT2D eigenvalue weighted by atomic mass is 35.5. The highest BCUT2D eigenvalue weighted by Crippen LogP contribution is 2.27. The molecule has 1 aromatic rings. The molecule has 0 aliphatic heterocycles. The summed E-state index contributed by atoms with van der Waals surface area (Å²) in [5.41, 5.74) is -0.129. The monoisotopic (exact) mass is 287 g/mol. The molecule has 0 saturated carbocycles. The van der Waals surface area contributed by atoms with Crippen molar-refractivity contribution in [1.29, 1.82) is 0 Å². The zero-order chi connectivity index (χ0) is 14.6. The van der Waals surface area contributed by atoms with Crippen molar-refractivity contribution in [3.05, 3.63) is 29.0 Å². The molecule has 0 aliphatic carbocycles. The van der Waals surface area contributed by atoms with E-state index in [1.165, 1.54) is 12.1 Å². The van der Waals surface area contributed by atoms with Crippen LogP contribution in [0.2, 0.25) is 5.02 Å². The molecular weight excluding hydrogens is 273 g/mol. The lowest BCUT2D eigenvalue weighted by Crippen LogP contribution is -2.45. The van der Waals surface area contributed by atoms with Gasteiger partial charge in [-0.2, -0.15) is 0 Å². The number of carboxylic acid groups (broad SMARTS) is 1. The van der Waals surface area contributed by atoms with Crippen LogP contribution in [-0.4, -0.2) is 23.5 Å². The Labute approximate surface area is 115 Å². The Balaban J connectivity index is 3.27. The molecule has 2 unspecified atom stereocenters. The molecule has 1 N–H and O–H groups in total. The molecule has 0 heterocycles. The minimum atomic E-state index is -1.18. The zero-order valence-corrected chi connectivity index (χ0v) is 11.4. The number of halogens is 2. The fraction of sp³-hybridized carbons (Fsp3) is 0.385. The van der Waals surface area contributed by atoms with Gasteiger partial charge in [0.1, 0.15) is 11.9 Å². The summed E-state index contributed by atoms with van der Waals surface area (Å²) in [4.78, 5) is 23.4. The lowest BCUT2D eigenvalue weighted by molar-refractivity contribution is -0.140. The second-order valence-corrected chi connectivity index (χ2v) is 4.71. The summed E-state index contributed by atoms with van der Waals surface area (Å²) in [5, 5.41) is 9.47. The molecule has 1 amide bonds. The van der Waals surface area contributed by atoms with Gasteiger partial charge in [-0.05, 0) is 24.1 Å². The molecule has 2 atom stereocenters. The molecule has 0 radical (unpaired) electrons. The highest BCUT2D eigenvalue weighted by Gasteiger charge is 2.31. The number of benzene rings is 1. The number of carboxylic acids is 1. The first-order valence-electron chi connectivity index (χ1n) is 5.83. The molecular formula is C13H15ClFNO3. The van der Waals surface area contributed by atoms with Crippen molar-refractivity contribution < 1.29 is 19.1 Å². The van der Waals surface area contributed by atoms with Gasteiger partial charge >= 0.3 is 5.97 Å². The maximum Gasteiger partial charge on any atom is 0.327 e. The van der Waals surface area contributed by atoms with E-state index in [4.69, 9.17) is 11.6 Å². The Morgan fingerprint density at radius 3 is 2.68 bits per heavy atom. The number of carbonyl (C=O) groups excluding carboxylic acids is 1. The Morgan fingerprint density at radius 1 is 1.58 bits per heavy atom. The van der Waals surface area contributed by atoms with Gasteiger partial charge in [0.05, 0.1) is 5.69 Å². The van der Waals surface area contributed by atoms with Crippen LogP contribution in [0.15, 0.2) is 18.2 Å². The minimum absolute atomic E-state index is 0.129. The molecule has 0 bridgehead atoms. The Hall–Kier alpha value is -1.62. The van der Waals surface area contributed by atoms with Crippen molar-refractivity contribution in [1.82, 2.24) is 0 Å². The van der Waals surface area contributed by atoms with E-state index in [0.717, 1.165) is 11.0 Å². The van der Waals surface area contributed by atoms with E-state index in [1.807, 2.05) is 0 Å². The summed E-state index contributed by atoms with van der Waals surface area (Å²) < 4.78 is 13.7. The first kappa shape index (κ1) is 15.4. The number of anilines is 1. The summed E-state index contributed by atoms with van der Waals surface area (Å²) in [6.45, 7) is 3.50. The third kappa shape index (κ3) is 3.44. The van der Waals surface area contributed by atoms with Gasteiger partial charge in [0.2, 0.25) is 6.41 Å². The molecule has 1 rings (SSSR count). The molecule has 6 heteroatoms. The SMILES string of the molecule is CCC(C)C(C(=O)O)N(C=O)c1cc(Cl)ccc1F. The summed E-state index contributed by atoms with van der Waals surface area (Å²) in [5.74, 6) is -2.19. The third-order valence-corrected chi connectivity index (χ3v) is 3.27.